The van der Waals surface area contributed by atoms with Crippen molar-refractivity contribution < 1.29 is 22.0 Å². The minimum atomic E-state index is -3.80. The highest BCUT2D eigenvalue weighted by Crippen LogP contribution is 2.38. The van der Waals surface area contributed by atoms with Gasteiger partial charge in [0.05, 0.1) is 6.04 Å². The topological polar surface area (TPSA) is 159 Å². The van der Waals surface area contributed by atoms with Crippen LogP contribution in [0.2, 0.25) is 0 Å². The number of hydrogen-bond acceptors (Lipinski definition) is 9. The zero-order chi connectivity index (χ0) is 19.9. The van der Waals surface area contributed by atoms with E-state index in [4.69, 9.17) is 14.3 Å². The molecule has 0 saturated carbocycles. The van der Waals surface area contributed by atoms with Crippen LogP contribution in [0.25, 0.3) is 11.5 Å². The number of hydrogen-bond donors (Lipinski definition) is 2. The Bertz CT molecular complexity index is 1190. The van der Waals surface area contributed by atoms with Crippen molar-refractivity contribution in [3.8, 4) is 11.5 Å². The third-order valence-electron chi connectivity index (χ3n) is 4.14. The Labute approximate surface area is 161 Å². The molecule has 0 aliphatic heterocycles. The summed E-state index contributed by atoms with van der Waals surface area (Å²) in [5.74, 6) is -0.758. The number of halogens is 1. The van der Waals surface area contributed by atoms with E-state index in [0.29, 0.717) is 12.0 Å². The second-order valence-electron chi connectivity index (χ2n) is 5.91. The van der Waals surface area contributed by atoms with Gasteiger partial charge < -0.3 is 0 Å². The van der Waals surface area contributed by atoms with Crippen LogP contribution in [-0.2, 0) is 16.6 Å². The van der Waals surface area contributed by atoms with Crippen LogP contribution in [0, 0.1) is 5.82 Å². The number of thioether (sulfide) groups is 1. The van der Waals surface area contributed by atoms with Gasteiger partial charge in [-0.1, -0.05) is 23.0 Å². The van der Waals surface area contributed by atoms with Gasteiger partial charge in [0.25, 0.3) is 10.2 Å². The highest BCUT2D eigenvalue weighted by atomic mass is 32.2. The summed E-state index contributed by atoms with van der Waals surface area (Å²) in [7, 11) is -3.80. The molecular formula is C14H13FN6O5S2. The van der Waals surface area contributed by atoms with Crippen LogP contribution in [-0.4, -0.2) is 40.8 Å². The summed E-state index contributed by atoms with van der Waals surface area (Å²) in [6.07, 6.45) is 0.510. The van der Waals surface area contributed by atoms with Crippen LogP contribution < -0.4 is 15.6 Å². The predicted octanol–water partition coefficient (Wildman–Crippen LogP) is 0.0561. The molecular weight excluding hydrogens is 415 g/mol. The van der Waals surface area contributed by atoms with Crippen LogP contribution in [0.4, 0.5) is 4.39 Å². The van der Waals surface area contributed by atoms with E-state index in [1.165, 1.54) is 16.7 Å². The summed E-state index contributed by atoms with van der Waals surface area (Å²) in [4.78, 5) is 12.2. The second-order valence-corrected chi connectivity index (χ2v) is 8.37. The van der Waals surface area contributed by atoms with Crippen molar-refractivity contribution in [3.63, 3.8) is 0 Å². The number of nitrogens with two attached hydrogens (primary N) is 1. The van der Waals surface area contributed by atoms with E-state index in [1.807, 2.05) is 0 Å². The molecule has 3 aromatic rings. The largest absolute Gasteiger partial charge is 0.442 e. The van der Waals surface area contributed by atoms with Crippen molar-refractivity contribution in [3.05, 3.63) is 45.7 Å². The van der Waals surface area contributed by atoms with Gasteiger partial charge in [-0.05, 0) is 40.0 Å². The fourth-order valence-corrected chi connectivity index (χ4v) is 4.18. The van der Waals surface area contributed by atoms with Gasteiger partial charge in [-0.15, -0.1) is 0 Å². The highest BCUT2D eigenvalue weighted by molar-refractivity contribution is 7.99. The van der Waals surface area contributed by atoms with E-state index < -0.39 is 27.8 Å². The Balaban J connectivity index is 1.59. The molecule has 3 N–H and O–H groups in total. The molecule has 0 saturated heterocycles. The summed E-state index contributed by atoms with van der Waals surface area (Å²) in [5, 5.41) is 16.4. The van der Waals surface area contributed by atoms with Crippen LogP contribution in [0.15, 0.2) is 37.2 Å². The van der Waals surface area contributed by atoms with E-state index >= 15 is 0 Å². The lowest BCUT2D eigenvalue weighted by Gasteiger charge is -2.30. The van der Waals surface area contributed by atoms with Gasteiger partial charge in [0, 0.05) is 12.3 Å². The molecule has 148 valence electrons. The molecule has 1 atom stereocenters. The van der Waals surface area contributed by atoms with Gasteiger partial charge in [-0.2, -0.15) is 8.42 Å². The van der Waals surface area contributed by atoms with Crippen molar-refractivity contribution in [2.75, 3.05) is 12.3 Å². The lowest BCUT2D eigenvalue weighted by molar-refractivity contribution is 0.299. The SMILES string of the molecule is NS(=O)(=O)NCCSc1nonc1-c1noc(=O)n1[C@H]1Cc2ccc(F)cc21. The van der Waals surface area contributed by atoms with Crippen molar-refractivity contribution in [2.24, 2.45) is 5.14 Å². The minimum absolute atomic E-state index is 0.0523. The Morgan fingerprint density at radius 1 is 1.36 bits per heavy atom. The highest BCUT2D eigenvalue weighted by Gasteiger charge is 2.34. The van der Waals surface area contributed by atoms with Crippen LogP contribution in [0.3, 0.4) is 0 Å². The van der Waals surface area contributed by atoms with Crippen LogP contribution >= 0.6 is 11.8 Å². The van der Waals surface area contributed by atoms with Crippen molar-refractivity contribution in [2.45, 2.75) is 17.5 Å². The Morgan fingerprint density at radius 2 is 2.18 bits per heavy atom. The van der Waals surface area contributed by atoms with Gasteiger partial charge in [0.1, 0.15) is 5.82 Å². The molecule has 2 heterocycles. The maximum atomic E-state index is 13.6. The summed E-state index contributed by atoms with van der Waals surface area (Å²) >= 11 is 1.13. The third kappa shape index (κ3) is 3.58. The van der Waals surface area contributed by atoms with Gasteiger partial charge in [0.2, 0.25) is 5.82 Å². The predicted molar refractivity (Wildman–Crippen MR) is 94.1 cm³/mol. The third-order valence-corrected chi connectivity index (χ3v) is 5.70. The fraction of sp³-hybridized carbons (Fsp3) is 0.286. The molecule has 14 heteroatoms. The van der Waals surface area contributed by atoms with Crippen molar-refractivity contribution in [1.82, 2.24) is 24.8 Å². The Kier molecular flexibility index (Phi) is 4.78. The normalized spacial score (nSPS) is 16.0. The fourth-order valence-electron chi connectivity index (χ4n) is 2.91. The summed E-state index contributed by atoms with van der Waals surface area (Å²) < 4.78 is 48.3. The average Bonchev–Trinajstić information content (AvgIpc) is 3.21. The quantitative estimate of drug-likeness (QED) is 0.392. The van der Waals surface area contributed by atoms with E-state index in [-0.39, 0.29) is 28.8 Å². The van der Waals surface area contributed by atoms with E-state index in [0.717, 1.165) is 17.3 Å². The number of fused-ring (bicyclic) bond motifs is 1. The summed E-state index contributed by atoms with van der Waals surface area (Å²) in [6, 6.07) is 3.94. The molecule has 0 bridgehead atoms. The lowest BCUT2D eigenvalue weighted by atomic mass is 9.83. The molecule has 0 radical (unpaired) electrons. The lowest BCUT2D eigenvalue weighted by Crippen LogP contribution is -2.32. The van der Waals surface area contributed by atoms with Gasteiger partial charge in [-0.3, -0.25) is 4.52 Å². The molecule has 28 heavy (non-hydrogen) atoms. The van der Waals surface area contributed by atoms with Crippen LogP contribution in [0.1, 0.15) is 17.2 Å². The molecule has 2 aromatic heterocycles. The molecule has 4 rings (SSSR count). The Morgan fingerprint density at radius 3 is 2.96 bits per heavy atom. The van der Waals surface area contributed by atoms with Crippen LogP contribution in [0.5, 0.6) is 0 Å². The van der Waals surface area contributed by atoms with Crippen molar-refractivity contribution >= 4 is 22.0 Å². The zero-order valence-electron chi connectivity index (χ0n) is 14.0. The first-order chi connectivity index (χ1) is 13.3. The first-order valence-electron chi connectivity index (χ1n) is 7.93. The molecule has 0 spiro atoms. The first-order valence-corrected chi connectivity index (χ1v) is 10.5. The number of benzene rings is 1. The van der Waals surface area contributed by atoms with E-state index in [2.05, 4.69) is 20.2 Å². The summed E-state index contributed by atoms with van der Waals surface area (Å²) in [5.41, 5.74) is 1.75. The molecule has 1 aliphatic rings. The van der Waals surface area contributed by atoms with E-state index in [9.17, 15) is 17.6 Å². The van der Waals surface area contributed by atoms with Gasteiger partial charge in [0.15, 0.2) is 10.7 Å². The first kappa shape index (κ1) is 18.8. The number of rotatable bonds is 7. The molecule has 0 amide bonds. The van der Waals surface area contributed by atoms with E-state index in [1.54, 1.807) is 6.07 Å². The maximum Gasteiger partial charge on any atom is 0.442 e. The molecule has 0 fully saturated rings. The van der Waals surface area contributed by atoms with Gasteiger partial charge >= 0.3 is 5.76 Å². The van der Waals surface area contributed by atoms with Crippen molar-refractivity contribution in [1.29, 1.82) is 0 Å². The van der Waals surface area contributed by atoms with Gasteiger partial charge in [-0.25, -0.2) is 28.2 Å². The second kappa shape index (κ2) is 7.12. The number of nitrogens with one attached hydrogen (secondary N) is 1. The monoisotopic (exact) mass is 428 g/mol. The zero-order valence-corrected chi connectivity index (χ0v) is 15.7. The standard InChI is InChI=1S/C14H13FN6O5S2/c15-8-2-1-7-5-10(9(7)6-8)21-12(19-25-14(21)22)11-13(20-26-18-11)27-4-3-17-28(16,23)24/h1-2,6,10,17H,3-5H2,(H2,16,23,24)/t10-/m0/s1. The summed E-state index contributed by atoms with van der Waals surface area (Å²) in [6.45, 7) is 0.0523. The minimum Gasteiger partial charge on any atom is -0.295 e. The molecule has 0 unspecified atom stereocenters. The maximum absolute atomic E-state index is 13.6. The number of nitrogens with zero attached hydrogens (tertiary/aromatic N) is 4. The average molecular weight is 428 g/mol. The smallest absolute Gasteiger partial charge is 0.295 e. The molecule has 1 aromatic carbocycles. The Hall–Kier alpha value is -2.55. The molecule has 1 aliphatic carbocycles. The number of aromatic nitrogens is 4. The molecule has 11 nitrogen and oxygen atoms in total.